The van der Waals surface area contributed by atoms with Crippen LogP contribution in [-0.2, 0) is 16.4 Å². The summed E-state index contributed by atoms with van der Waals surface area (Å²) < 4.78 is 29.8. The quantitative estimate of drug-likeness (QED) is 0.891. The standard InChI is InChI=1S/C15H20N2O4S/c1-22(19,20)17-7-4-13(5-8-17)16-15(18)12-2-3-14-11(10-12)6-9-21-14/h2-3,10,13H,4-9H2,1H3,(H,16,18). The molecule has 7 heteroatoms. The van der Waals surface area contributed by atoms with Gasteiger partial charge in [0.05, 0.1) is 12.9 Å². The number of amides is 1. The normalized spacial score (nSPS) is 19.5. The van der Waals surface area contributed by atoms with Gasteiger partial charge in [0.25, 0.3) is 5.91 Å². The van der Waals surface area contributed by atoms with Crippen LogP contribution >= 0.6 is 0 Å². The molecule has 0 atom stereocenters. The van der Waals surface area contributed by atoms with Crippen LogP contribution in [0.25, 0.3) is 0 Å². The minimum Gasteiger partial charge on any atom is -0.493 e. The van der Waals surface area contributed by atoms with Crippen LogP contribution < -0.4 is 10.1 Å². The molecule has 2 aliphatic heterocycles. The molecule has 0 aromatic heterocycles. The van der Waals surface area contributed by atoms with E-state index in [0.29, 0.717) is 38.1 Å². The van der Waals surface area contributed by atoms with Gasteiger partial charge in [-0.05, 0) is 36.6 Å². The molecule has 0 bridgehead atoms. The fourth-order valence-electron chi connectivity index (χ4n) is 2.93. The number of nitrogens with one attached hydrogen (secondary N) is 1. The molecule has 0 unspecified atom stereocenters. The highest BCUT2D eigenvalue weighted by Gasteiger charge is 2.26. The summed E-state index contributed by atoms with van der Waals surface area (Å²) in [6.45, 7) is 1.59. The van der Waals surface area contributed by atoms with Gasteiger partial charge in [-0.3, -0.25) is 4.79 Å². The number of benzene rings is 1. The summed E-state index contributed by atoms with van der Waals surface area (Å²) in [6.07, 6.45) is 3.35. The van der Waals surface area contributed by atoms with Gasteiger partial charge >= 0.3 is 0 Å². The van der Waals surface area contributed by atoms with Gasteiger partial charge in [0.1, 0.15) is 5.75 Å². The lowest BCUT2D eigenvalue weighted by Gasteiger charge is -2.30. The molecule has 0 spiro atoms. The number of nitrogens with zero attached hydrogens (tertiary/aromatic N) is 1. The van der Waals surface area contributed by atoms with E-state index in [4.69, 9.17) is 4.74 Å². The molecule has 6 nitrogen and oxygen atoms in total. The Morgan fingerprint density at radius 3 is 2.73 bits per heavy atom. The van der Waals surface area contributed by atoms with Crippen molar-refractivity contribution in [3.8, 4) is 5.75 Å². The fourth-order valence-corrected chi connectivity index (χ4v) is 3.80. The first-order valence-electron chi connectivity index (χ1n) is 7.45. The molecule has 1 N–H and O–H groups in total. The third kappa shape index (κ3) is 3.25. The molecule has 1 amide bonds. The first-order chi connectivity index (χ1) is 10.4. The maximum atomic E-state index is 12.3. The summed E-state index contributed by atoms with van der Waals surface area (Å²) in [4.78, 5) is 12.3. The zero-order chi connectivity index (χ0) is 15.7. The highest BCUT2D eigenvalue weighted by atomic mass is 32.2. The van der Waals surface area contributed by atoms with E-state index in [9.17, 15) is 13.2 Å². The molecular formula is C15H20N2O4S. The Balaban J connectivity index is 1.59. The number of carbonyl (C=O) groups is 1. The van der Waals surface area contributed by atoms with Crippen molar-refractivity contribution in [2.75, 3.05) is 26.0 Å². The van der Waals surface area contributed by atoms with Crippen molar-refractivity contribution in [3.05, 3.63) is 29.3 Å². The summed E-state index contributed by atoms with van der Waals surface area (Å²) in [6, 6.07) is 5.51. The van der Waals surface area contributed by atoms with Gasteiger partial charge in [0.2, 0.25) is 10.0 Å². The third-order valence-electron chi connectivity index (χ3n) is 4.21. The third-order valence-corrected chi connectivity index (χ3v) is 5.51. The van der Waals surface area contributed by atoms with E-state index in [2.05, 4.69) is 5.32 Å². The predicted molar refractivity (Wildman–Crippen MR) is 82.5 cm³/mol. The Bertz CT molecular complexity index is 679. The van der Waals surface area contributed by atoms with Crippen LogP contribution in [0.5, 0.6) is 5.75 Å². The second-order valence-electron chi connectivity index (χ2n) is 5.83. The predicted octanol–water partition coefficient (Wildman–Crippen LogP) is 0.775. The number of hydrogen-bond acceptors (Lipinski definition) is 4. The lowest BCUT2D eigenvalue weighted by atomic mass is 10.0. The number of fused-ring (bicyclic) bond motifs is 1. The van der Waals surface area contributed by atoms with Gasteiger partial charge < -0.3 is 10.1 Å². The molecule has 1 aromatic rings. The average molecular weight is 324 g/mol. The van der Waals surface area contributed by atoms with E-state index < -0.39 is 10.0 Å². The first kappa shape index (κ1) is 15.3. The minimum absolute atomic E-state index is 0.0232. The zero-order valence-electron chi connectivity index (χ0n) is 12.5. The zero-order valence-corrected chi connectivity index (χ0v) is 13.4. The van der Waals surface area contributed by atoms with Crippen LogP contribution in [0, 0.1) is 0 Å². The summed E-state index contributed by atoms with van der Waals surface area (Å²) in [5.74, 6) is 0.755. The molecular weight excluding hydrogens is 304 g/mol. The van der Waals surface area contributed by atoms with Gasteiger partial charge in [-0.2, -0.15) is 0 Å². The number of rotatable bonds is 3. The van der Waals surface area contributed by atoms with Crippen LogP contribution in [0.3, 0.4) is 0 Å². The van der Waals surface area contributed by atoms with Crippen LogP contribution in [-0.4, -0.2) is 50.6 Å². The van der Waals surface area contributed by atoms with Crippen LogP contribution in [0.4, 0.5) is 0 Å². The Kier molecular flexibility index (Phi) is 4.10. The number of piperidine rings is 1. The van der Waals surface area contributed by atoms with Crippen LogP contribution in [0.1, 0.15) is 28.8 Å². The van der Waals surface area contributed by atoms with Gasteiger partial charge in [-0.15, -0.1) is 0 Å². The number of hydrogen-bond donors (Lipinski definition) is 1. The summed E-state index contributed by atoms with van der Waals surface area (Å²) in [5, 5.41) is 3.00. The SMILES string of the molecule is CS(=O)(=O)N1CCC(NC(=O)c2ccc3c(c2)CCO3)CC1. The highest BCUT2D eigenvalue weighted by molar-refractivity contribution is 7.88. The van der Waals surface area contributed by atoms with Crippen LogP contribution in [0.2, 0.25) is 0 Å². The summed E-state index contributed by atoms with van der Waals surface area (Å²) >= 11 is 0. The smallest absolute Gasteiger partial charge is 0.251 e. The largest absolute Gasteiger partial charge is 0.493 e. The molecule has 1 fully saturated rings. The molecule has 1 saturated heterocycles. The molecule has 2 heterocycles. The maximum absolute atomic E-state index is 12.3. The molecule has 3 rings (SSSR count). The van der Waals surface area contributed by atoms with E-state index in [1.54, 1.807) is 6.07 Å². The molecule has 0 saturated carbocycles. The van der Waals surface area contributed by atoms with Crippen molar-refractivity contribution in [1.82, 2.24) is 9.62 Å². The Hall–Kier alpha value is -1.60. The van der Waals surface area contributed by atoms with Crippen molar-refractivity contribution in [1.29, 1.82) is 0 Å². The number of ether oxygens (including phenoxy) is 1. The van der Waals surface area contributed by atoms with Gasteiger partial charge in [-0.1, -0.05) is 0 Å². The molecule has 1 aromatic carbocycles. The van der Waals surface area contributed by atoms with Gasteiger partial charge in [-0.25, -0.2) is 12.7 Å². The lowest BCUT2D eigenvalue weighted by molar-refractivity contribution is 0.0924. The van der Waals surface area contributed by atoms with Gasteiger partial charge in [0.15, 0.2) is 0 Å². The summed E-state index contributed by atoms with van der Waals surface area (Å²) in [7, 11) is -3.13. The lowest BCUT2D eigenvalue weighted by Crippen LogP contribution is -2.46. The van der Waals surface area contributed by atoms with Gasteiger partial charge in [0, 0.05) is 31.1 Å². The number of carbonyl (C=O) groups excluding carboxylic acids is 1. The highest BCUT2D eigenvalue weighted by Crippen LogP contribution is 2.26. The molecule has 22 heavy (non-hydrogen) atoms. The average Bonchev–Trinajstić information content (AvgIpc) is 2.94. The second kappa shape index (κ2) is 5.89. The Morgan fingerprint density at radius 1 is 1.32 bits per heavy atom. The van der Waals surface area contributed by atoms with E-state index in [0.717, 1.165) is 17.7 Å². The van der Waals surface area contributed by atoms with Crippen molar-refractivity contribution >= 4 is 15.9 Å². The Labute approximate surface area is 130 Å². The minimum atomic E-state index is -3.13. The molecule has 120 valence electrons. The second-order valence-corrected chi connectivity index (χ2v) is 7.81. The monoisotopic (exact) mass is 324 g/mol. The molecule has 0 aliphatic carbocycles. The van der Waals surface area contributed by atoms with Crippen LogP contribution in [0.15, 0.2) is 18.2 Å². The summed E-state index contributed by atoms with van der Waals surface area (Å²) in [5.41, 5.74) is 1.70. The van der Waals surface area contributed by atoms with E-state index in [1.807, 2.05) is 12.1 Å². The molecule has 2 aliphatic rings. The van der Waals surface area contributed by atoms with Crippen molar-refractivity contribution < 1.29 is 17.9 Å². The first-order valence-corrected chi connectivity index (χ1v) is 9.30. The molecule has 0 radical (unpaired) electrons. The van der Waals surface area contributed by atoms with E-state index in [-0.39, 0.29) is 11.9 Å². The van der Waals surface area contributed by atoms with E-state index >= 15 is 0 Å². The van der Waals surface area contributed by atoms with Crippen molar-refractivity contribution in [2.45, 2.75) is 25.3 Å². The van der Waals surface area contributed by atoms with Crippen molar-refractivity contribution in [2.24, 2.45) is 0 Å². The number of sulfonamides is 1. The van der Waals surface area contributed by atoms with E-state index in [1.165, 1.54) is 10.6 Å². The fraction of sp³-hybridized carbons (Fsp3) is 0.533. The maximum Gasteiger partial charge on any atom is 0.251 e. The van der Waals surface area contributed by atoms with Crippen molar-refractivity contribution in [3.63, 3.8) is 0 Å². The Morgan fingerprint density at radius 2 is 2.05 bits per heavy atom. The topological polar surface area (TPSA) is 75.7 Å².